The van der Waals surface area contributed by atoms with E-state index in [4.69, 9.17) is 0 Å². The van der Waals surface area contributed by atoms with Gasteiger partial charge in [-0.3, -0.25) is 4.89 Å². The van der Waals surface area contributed by atoms with E-state index in [9.17, 15) is 4.79 Å². The van der Waals surface area contributed by atoms with Crippen LogP contribution in [0, 0.1) is 20.8 Å². The summed E-state index contributed by atoms with van der Waals surface area (Å²) >= 11 is 0. The molecule has 0 aliphatic carbocycles. The standard InChI is InChI=1S/C11H13O3/c1-4-13-14-11(12)10-7-5-6-8(2)9(10)3/h5-7H,1,4H2,2-3H3. The van der Waals surface area contributed by atoms with E-state index in [1.165, 1.54) is 0 Å². The van der Waals surface area contributed by atoms with Crippen LogP contribution in [0.1, 0.15) is 21.5 Å². The average molecular weight is 193 g/mol. The van der Waals surface area contributed by atoms with Crippen LogP contribution in [0.5, 0.6) is 0 Å². The van der Waals surface area contributed by atoms with E-state index < -0.39 is 5.97 Å². The Balaban J connectivity index is 2.84. The van der Waals surface area contributed by atoms with Crippen molar-refractivity contribution in [1.29, 1.82) is 0 Å². The van der Waals surface area contributed by atoms with Gasteiger partial charge >= 0.3 is 5.97 Å². The van der Waals surface area contributed by atoms with Gasteiger partial charge in [-0.25, -0.2) is 4.79 Å². The lowest BCUT2D eigenvalue weighted by Gasteiger charge is -2.06. The summed E-state index contributed by atoms with van der Waals surface area (Å²) in [5, 5.41) is 0. The fourth-order valence-electron chi connectivity index (χ4n) is 1.11. The predicted molar refractivity (Wildman–Crippen MR) is 52.6 cm³/mol. The molecule has 1 radical (unpaired) electrons. The van der Waals surface area contributed by atoms with Gasteiger partial charge in [0, 0.05) is 0 Å². The summed E-state index contributed by atoms with van der Waals surface area (Å²) in [4.78, 5) is 20.4. The zero-order valence-corrected chi connectivity index (χ0v) is 8.37. The van der Waals surface area contributed by atoms with Crippen molar-refractivity contribution in [3.05, 3.63) is 41.8 Å². The minimum atomic E-state index is -0.477. The van der Waals surface area contributed by atoms with Crippen LogP contribution < -0.4 is 0 Å². The highest BCUT2D eigenvalue weighted by atomic mass is 17.2. The Kier molecular flexibility index (Phi) is 3.65. The van der Waals surface area contributed by atoms with Crippen molar-refractivity contribution >= 4 is 5.97 Å². The summed E-state index contributed by atoms with van der Waals surface area (Å²) in [6, 6.07) is 5.45. The lowest BCUT2D eigenvalue weighted by molar-refractivity contribution is -0.232. The third-order valence-electron chi connectivity index (χ3n) is 2.04. The summed E-state index contributed by atoms with van der Waals surface area (Å²) < 4.78 is 0. The Morgan fingerprint density at radius 3 is 2.79 bits per heavy atom. The molecule has 0 aliphatic rings. The fraction of sp³-hybridized carbons (Fsp3) is 0.273. The number of hydrogen-bond acceptors (Lipinski definition) is 3. The Bertz CT molecular complexity index is 331. The largest absolute Gasteiger partial charge is 0.373 e. The van der Waals surface area contributed by atoms with Gasteiger partial charge < -0.3 is 0 Å². The van der Waals surface area contributed by atoms with Crippen molar-refractivity contribution in [3.8, 4) is 0 Å². The number of benzene rings is 1. The number of aryl methyl sites for hydroxylation is 1. The molecule has 14 heavy (non-hydrogen) atoms. The quantitative estimate of drug-likeness (QED) is 0.545. The van der Waals surface area contributed by atoms with E-state index >= 15 is 0 Å². The molecule has 0 amide bonds. The molecule has 1 rings (SSSR count). The van der Waals surface area contributed by atoms with Crippen LogP contribution in [0.25, 0.3) is 0 Å². The third kappa shape index (κ3) is 2.33. The second-order valence-electron chi connectivity index (χ2n) is 2.94. The summed E-state index contributed by atoms with van der Waals surface area (Å²) in [7, 11) is 0. The van der Waals surface area contributed by atoms with Crippen molar-refractivity contribution in [2.24, 2.45) is 0 Å². The maximum absolute atomic E-state index is 11.4. The maximum atomic E-state index is 11.4. The van der Waals surface area contributed by atoms with Crippen LogP contribution in [0.15, 0.2) is 18.2 Å². The van der Waals surface area contributed by atoms with Gasteiger partial charge in [0.25, 0.3) is 0 Å². The second kappa shape index (κ2) is 4.77. The second-order valence-corrected chi connectivity index (χ2v) is 2.94. The zero-order chi connectivity index (χ0) is 10.6. The molecule has 0 heterocycles. The molecular weight excluding hydrogens is 180 g/mol. The first-order valence-corrected chi connectivity index (χ1v) is 4.36. The van der Waals surface area contributed by atoms with Gasteiger partial charge in [-0.15, -0.1) is 0 Å². The van der Waals surface area contributed by atoms with Crippen molar-refractivity contribution < 1.29 is 14.6 Å². The lowest BCUT2D eigenvalue weighted by Crippen LogP contribution is -2.08. The molecule has 0 aromatic heterocycles. The molecule has 1 aromatic carbocycles. The molecule has 0 saturated carbocycles. The molecule has 0 saturated heterocycles. The molecule has 3 nitrogen and oxygen atoms in total. The molecule has 0 atom stereocenters. The SMILES string of the molecule is [CH2]COOC(=O)c1cccc(C)c1C. The topological polar surface area (TPSA) is 35.5 Å². The first-order chi connectivity index (χ1) is 6.66. The van der Waals surface area contributed by atoms with Crippen LogP contribution in [0.2, 0.25) is 0 Å². The van der Waals surface area contributed by atoms with Gasteiger partial charge in [0.15, 0.2) is 0 Å². The fourth-order valence-corrected chi connectivity index (χ4v) is 1.11. The maximum Gasteiger partial charge on any atom is 0.373 e. The van der Waals surface area contributed by atoms with Crippen LogP contribution in [0.4, 0.5) is 0 Å². The molecule has 0 spiro atoms. The smallest absolute Gasteiger partial charge is 0.293 e. The van der Waals surface area contributed by atoms with Crippen molar-refractivity contribution in [3.63, 3.8) is 0 Å². The van der Waals surface area contributed by atoms with Crippen LogP contribution >= 0.6 is 0 Å². The van der Waals surface area contributed by atoms with E-state index in [-0.39, 0.29) is 6.61 Å². The number of carbonyl (C=O) groups is 1. The highest BCUT2D eigenvalue weighted by molar-refractivity contribution is 5.90. The molecule has 0 aliphatic heterocycles. The van der Waals surface area contributed by atoms with E-state index in [2.05, 4.69) is 16.7 Å². The molecular formula is C11H13O3. The minimum absolute atomic E-state index is 0.108. The molecule has 0 unspecified atom stereocenters. The van der Waals surface area contributed by atoms with Crippen LogP contribution in [-0.4, -0.2) is 12.6 Å². The van der Waals surface area contributed by atoms with E-state index in [1.54, 1.807) is 6.07 Å². The van der Waals surface area contributed by atoms with Gasteiger partial charge in [0.2, 0.25) is 0 Å². The Hall–Kier alpha value is -1.35. The molecule has 1 aromatic rings. The highest BCUT2D eigenvalue weighted by Crippen LogP contribution is 2.13. The lowest BCUT2D eigenvalue weighted by atomic mass is 10.0. The normalized spacial score (nSPS) is 9.93. The van der Waals surface area contributed by atoms with Gasteiger partial charge in [-0.05, 0) is 38.0 Å². The monoisotopic (exact) mass is 193 g/mol. The van der Waals surface area contributed by atoms with Gasteiger partial charge in [0.05, 0.1) is 12.2 Å². The Labute approximate surface area is 83.6 Å². The minimum Gasteiger partial charge on any atom is -0.293 e. The van der Waals surface area contributed by atoms with Gasteiger partial charge in [-0.1, -0.05) is 12.1 Å². The molecule has 0 bridgehead atoms. The third-order valence-corrected chi connectivity index (χ3v) is 2.04. The zero-order valence-electron chi connectivity index (χ0n) is 8.37. The van der Waals surface area contributed by atoms with Crippen molar-refractivity contribution in [2.75, 3.05) is 6.61 Å². The Morgan fingerprint density at radius 1 is 1.43 bits per heavy atom. The van der Waals surface area contributed by atoms with Crippen molar-refractivity contribution in [1.82, 2.24) is 0 Å². The van der Waals surface area contributed by atoms with Crippen LogP contribution in [-0.2, 0) is 9.78 Å². The summed E-state index contributed by atoms with van der Waals surface area (Å²) in [5.74, 6) is -0.477. The van der Waals surface area contributed by atoms with E-state index in [0.717, 1.165) is 11.1 Å². The first kappa shape index (κ1) is 10.7. The van der Waals surface area contributed by atoms with Crippen LogP contribution in [0.3, 0.4) is 0 Å². The van der Waals surface area contributed by atoms with Crippen molar-refractivity contribution in [2.45, 2.75) is 13.8 Å². The number of rotatable bonds is 3. The Morgan fingerprint density at radius 2 is 2.14 bits per heavy atom. The predicted octanol–water partition coefficient (Wildman–Crippen LogP) is 2.23. The molecule has 0 fully saturated rings. The van der Waals surface area contributed by atoms with E-state index in [1.807, 2.05) is 26.0 Å². The average Bonchev–Trinajstić information content (AvgIpc) is 2.18. The first-order valence-electron chi connectivity index (χ1n) is 4.36. The van der Waals surface area contributed by atoms with Gasteiger partial charge in [-0.2, -0.15) is 4.89 Å². The highest BCUT2D eigenvalue weighted by Gasteiger charge is 2.11. The molecule has 75 valence electrons. The molecule has 0 N–H and O–H groups in total. The number of carbonyl (C=O) groups excluding carboxylic acids is 1. The van der Waals surface area contributed by atoms with E-state index in [0.29, 0.717) is 5.56 Å². The molecule has 3 heteroatoms. The summed E-state index contributed by atoms with van der Waals surface area (Å²) in [6.07, 6.45) is 0. The summed E-state index contributed by atoms with van der Waals surface area (Å²) in [5.41, 5.74) is 2.48. The van der Waals surface area contributed by atoms with Gasteiger partial charge in [0.1, 0.15) is 0 Å². The summed E-state index contributed by atoms with van der Waals surface area (Å²) in [6.45, 7) is 7.31. The number of hydrogen-bond donors (Lipinski definition) is 0.